The Balaban J connectivity index is 1.87. The minimum Gasteiger partial charge on any atom is -0.507 e. The molecule has 0 aliphatic carbocycles. The number of rotatable bonds is 6. The van der Waals surface area contributed by atoms with E-state index in [2.05, 4.69) is 0 Å². The molecule has 1 unspecified atom stereocenters. The number of anilines is 1. The maximum Gasteiger partial charge on any atom is 0.307 e. The van der Waals surface area contributed by atoms with E-state index in [-0.39, 0.29) is 23.2 Å². The number of ketones is 1. The first kappa shape index (κ1) is 22.4. The van der Waals surface area contributed by atoms with E-state index in [0.717, 1.165) is 6.07 Å². The summed E-state index contributed by atoms with van der Waals surface area (Å²) >= 11 is 0. The van der Waals surface area contributed by atoms with E-state index >= 15 is 0 Å². The number of benzene rings is 3. The number of aliphatic hydroxyl groups excluding tert-OH is 1. The zero-order valence-corrected chi connectivity index (χ0v) is 17.6. The van der Waals surface area contributed by atoms with E-state index in [0.29, 0.717) is 16.8 Å². The molecule has 9 nitrogen and oxygen atoms in total. The predicted octanol–water partition coefficient (Wildman–Crippen LogP) is 3.85. The van der Waals surface area contributed by atoms with Gasteiger partial charge >= 0.3 is 5.97 Å². The van der Waals surface area contributed by atoms with Crippen molar-refractivity contribution in [1.82, 2.24) is 0 Å². The summed E-state index contributed by atoms with van der Waals surface area (Å²) < 4.78 is 0. The molecule has 3 aromatic rings. The fourth-order valence-corrected chi connectivity index (χ4v) is 3.92. The zero-order valence-electron chi connectivity index (χ0n) is 17.6. The van der Waals surface area contributed by atoms with Crippen molar-refractivity contribution in [2.45, 2.75) is 12.5 Å². The largest absolute Gasteiger partial charge is 0.507 e. The molecule has 1 fully saturated rings. The van der Waals surface area contributed by atoms with Gasteiger partial charge in [0.05, 0.1) is 23.0 Å². The van der Waals surface area contributed by atoms with Crippen molar-refractivity contribution in [3.05, 3.63) is 111 Å². The Hall–Kier alpha value is -4.79. The van der Waals surface area contributed by atoms with Crippen LogP contribution in [0, 0.1) is 10.1 Å². The molecule has 3 aromatic carbocycles. The molecule has 1 atom stereocenters. The summed E-state index contributed by atoms with van der Waals surface area (Å²) in [6, 6.07) is 18.9. The number of aliphatic hydroxyl groups is 1. The number of hydrogen-bond acceptors (Lipinski definition) is 6. The lowest BCUT2D eigenvalue weighted by Crippen LogP contribution is -2.29. The molecule has 0 radical (unpaired) electrons. The molecule has 34 heavy (non-hydrogen) atoms. The Kier molecular flexibility index (Phi) is 5.92. The highest BCUT2D eigenvalue weighted by Gasteiger charge is 2.47. The molecule has 1 aliphatic rings. The number of aliphatic carboxylic acids is 1. The number of hydrogen-bond donors (Lipinski definition) is 2. The number of nitrogens with zero attached hydrogens (tertiary/aromatic N) is 2. The number of nitro benzene ring substituents is 1. The van der Waals surface area contributed by atoms with E-state index in [1.54, 1.807) is 42.5 Å². The van der Waals surface area contributed by atoms with Crippen LogP contribution in [0.2, 0.25) is 0 Å². The van der Waals surface area contributed by atoms with Crippen molar-refractivity contribution in [2.75, 3.05) is 4.90 Å². The number of Topliss-reactive ketones (excluding diaryl/α,β-unsaturated/α-hetero) is 1. The molecule has 0 aromatic heterocycles. The van der Waals surface area contributed by atoms with E-state index in [1.165, 1.54) is 35.2 Å². The van der Waals surface area contributed by atoms with E-state index < -0.39 is 34.4 Å². The van der Waals surface area contributed by atoms with Crippen molar-refractivity contribution < 1.29 is 29.5 Å². The van der Waals surface area contributed by atoms with E-state index in [4.69, 9.17) is 5.11 Å². The number of carbonyl (C=O) groups excluding carboxylic acids is 2. The molecule has 1 saturated heterocycles. The Labute approximate surface area is 193 Å². The highest BCUT2D eigenvalue weighted by Crippen LogP contribution is 2.42. The van der Waals surface area contributed by atoms with Gasteiger partial charge in [0.2, 0.25) is 0 Å². The first-order valence-corrected chi connectivity index (χ1v) is 10.2. The molecule has 4 rings (SSSR count). The van der Waals surface area contributed by atoms with E-state index in [9.17, 15) is 29.6 Å². The summed E-state index contributed by atoms with van der Waals surface area (Å²) in [5, 5.41) is 31.2. The molecule has 0 bridgehead atoms. The molecule has 0 spiro atoms. The summed E-state index contributed by atoms with van der Waals surface area (Å²) in [4.78, 5) is 49.0. The normalized spacial score (nSPS) is 17.1. The summed E-state index contributed by atoms with van der Waals surface area (Å²) in [7, 11) is 0. The van der Waals surface area contributed by atoms with Crippen LogP contribution in [-0.4, -0.2) is 32.8 Å². The van der Waals surface area contributed by atoms with Crippen molar-refractivity contribution in [2.24, 2.45) is 0 Å². The molecule has 1 heterocycles. The number of amides is 1. The van der Waals surface area contributed by atoms with Gasteiger partial charge in [0.25, 0.3) is 17.4 Å². The quantitative estimate of drug-likeness (QED) is 0.188. The van der Waals surface area contributed by atoms with Gasteiger partial charge in [-0.15, -0.1) is 0 Å². The molecule has 170 valence electrons. The van der Waals surface area contributed by atoms with Crippen LogP contribution in [-0.2, 0) is 20.8 Å². The van der Waals surface area contributed by atoms with Gasteiger partial charge in [-0.2, -0.15) is 0 Å². The number of carbonyl (C=O) groups is 3. The third kappa shape index (κ3) is 4.14. The Morgan fingerprint density at radius 3 is 2.24 bits per heavy atom. The topological polar surface area (TPSA) is 138 Å². The van der Waals surface area contributed by atoms with Gasteiger partial charge in [0.1, 0.15) is 5.76 Å². The second-order valence-corrected chi connectivity index (χ2v) is 7.62. The van der Waals surface area contributed by atoms with Gasteiger partial charge in [-0.25, -0.2) is 0 Å². The summed E-state index contributed by atoms with van der Waals surface area (Å²) in [6.07, 6.45) is -0.200. The zero-order chi connectivity index (χ0) is 24.4. The van der Waals surface area contributed by atoms with Crippen LogP contribution in [0.1, 0.15) is 22.7 Å². The van der Waals surface area contributed by atoms with Gasteiger partial charge in [0.15, 0.2) is 0 Å². The molecular weight excluding hydrogens is 440 g/mol. The van der Waals surface area contributed by atoms with Crippen LogP contribution in [0.4, 0.5) is 11.4 Å². The molecular formula is C25H18N2O7. The van der Waals surface area contributed by atoms with E-state index in [1.807, 2.05) is 0 Å². The number of carboxylic acid groups (broad SMARTS) is 1. The Morgan fingerprint density at radius 2 is 1.62 bits per heavy atom. The smallest absolute Gasteiger partial charge is 0.307 e. The highest BCUT2D eigenvalue weighted by molar-refractivity contribution is 6.51. The van der Waals surface area contributed by atoms with Crippen LogP contribution in [0.5, 0.6) is 0 Å². The van der Waals surface area contributed by atoms with Crippen molar-refractivity contribution in [1.29, 1.82) is 0 Å². The SMILES string of the molecule is O=C(O)Cc1ccc(N2C(=O)C(=O)/C(=C(\O)c3cccc([N+](=O)[O-])c3)C2c2ccccc2)cc1. The monoisotopic (exact) mass is 458 g/mol. The van der Waals surface area contributed by atoms with Crippen LogP contribution < -0.4 is 4.90 Å². The van der Waals surface area contributed by atoms with Crippen molar-refractivity contribution in [3.8, 4) is 0 Å². The lowest BCUT2D eigenvalue weighted by atomic mass is 9.95. The van der Waals surface area contributed by atoms with Gasteiger partial charge in [0, 0.05) is 23.4 Å². The van der Waals surface area contributed by atoms with Gasteiger partial charge in [-0.3, -0.25) is 29.4 Å². The van der Waals surface area contributed by atoms with Crippen LogP contribution in [0.25, 0.3) is 5.76 Å². The van der Waals surface area contributed by atoms with Crippen molar-refractivity contribution >= 4 is 34.8 Å². The number of carboxylic acids is 1. The first-order chi connectivity index (χ1) is 16.3. The number of non-ortho nitro benzene ring substituents is 1. The van der Waals surface area contributed by atoms with Gasteiger partial charge < -0.3 is 10.2 Å². The highest BCUT2D eigenvalue weighted by atomic mass is 16.6. The predicted molar refractivity (Wildman–Crippen MR) is 122 cm³/mol. The Morgan fingerprint density at radius 1 is 0.941 bits per heavy atom. The average Bonchev–Trinajstić information content (AvgIpc) is 3.10. The number of nitro groups is 1. The molecule has 1 aliphatic heterocycles. The van der Waals surface area contributed by atoms with Crippen molar-refractivity contribution in [3.63, 3.8) is 0 Å². The van der Waals surface area contributed by atoms with Gasteiger partial charge in [-0.1, -0.05) is 54.6 Å². The standard InChI is InChI=1S/C25H18N2O7/c28-20(29)13-15-9-11-18(12-10-15)26-22(16-5-2-1-3-6-16)21(24(31)25(26)32)23(30)17-7-4-8-19(14-17)27(33)34/h1-12,14,22,30H,13H2,(H,28,29)/b23-21-. The third-order valence-corrected chi connectivity index (χ3v) is 5.46. The lowest BCUT2D eigenvalue weighted by Gasteiger charge is -2.25. The lowest BCUT2D eigenvalue weighted by molar-refractivity contribution is -0.384. The fourth-order valence-electron chi connectivity index (χ4n) is 3.92. The summed E-state index contributed by atoms with van der Waals surface area (Å²) in [5.74, 6) is -3.35. The molecule has 1 amide bonds. The molecule has 2 N–H and O–H groups in total. The third-order valence-electron chi connectivity index (χ3n) is 5.46. The maximum atomic E-state index is 13.1. The minimum atomic E-state index is -1.01. The van der Waals surface area contributed by atoms with Crippen LogP contribution >= 0.6 is 0 Å². The second-order valence-electron chi connectivity index (χ2n) is 7.62. The minimum absolute atomic E-state index is 0.0323. The first-order valence-electron chi connectivity index (χ1n) is 10.2. The molecule has 0 saturated carbocycles. The summed E-state index contributed by atoms with van der Waals surface area (Å²) in [5.41, 5.74) is 0.951. The fraction of sp³-hybridized carbons (Fsp3) is 0.0800. The molecule has 9 heteroatoms. The second kappa shape index (κ2) is 8.99. The maximum absolute atomic E-state index is 13.1. The van der Waals surface area contributed by atoms with Gasteiger partial charge in [-0.05, 0) is 23.3 Å². The average molecular weight is 458 g/mol. The Bertz CT molecular complexity index is 1330. The van der Waals surface area contributed by atoms with Crippen LogP contribution in [0.3, 0.4) is 0 Å². The summed E-state index contributed by atoms with van der Waals surface area (Å²) in [6.45, 7) is 0. The van der Waals surface area contributed by atoms with Crippen LogP contribution in [0.15, 0.2) is 84.4 Å².